The second kappa shape index (κ2) is 84.3. The van der Waals surface area contributed by atoms with E-state index in [1.807, 2.05) is 0 Å². The molecule has 0 amide bonds. The molecular formula is C93H156O16P2. The van der Waals surface area contributed by atoms with Crippen LogP contribution >= 0.6 is 15.6 Å². The zero-order valence-electron chi connectivity index (χ0n) is 69.6. The number of carbonyl (C=O) groups is 3. The van der Waals surface area contributed by atoms with Crippen LogP contribution in [0.2, 0.25) is 0 Å². The molecule has 5 unspecified atom stereocenters. The van der Waals surface area contributed by atoms with E-state index in [1.54, 1.807) is 0 Å². The minimum atomic E-state index is -4.95. The molecule has 0 radical (unpaired) electrons. The first-order valence-corrected chi connectivity index (χ1v) is 46.4. The fourth-order valence-corrected chi connectivity index (χ4v) is 13.0. The predicted molar refractivity (Wildman–Crippen MR) is 463 cm³/mol. The zero-order chi connectivity index (χ0) is 80.8. The van der Waals surface area contributed by atoms with Crippen molar-refractivity contribution in [2.45, 2.75) is 360 Å². The number of carbonyl (C=O) groups excluding carboxylic acids is 3. The van der Waals surface area contributed by atoms with Crippen molar-refractivity contribution in [3.63, 3.8) is 0 Å². The van der Waals surface area contributed by atoms with Crippen molar-refractivity contribution in [3.05, 3.63) is 170 Å². The highest BCUT2D eigenvalue weighted by atomic mass is 31.2. The number of hydrogen-bond acceptors (Lipinski definition) is 14. The number of hydrogen-bond donors (Lipinski definition) is 4. The van der Waals surface area contributed by atoms with Gasteiger partial charge in [0.1, 0.15) is 25.4 Å². The number of aliphatic hydroxyl groups is 2. The van der Waals surface area contributed by atoms with Crippen LogP contribution in [0.15, 0.2) is 170 Å². The van der Waals surface area contributed by atoms with Gasteiger partial charge >= 0.3 is 33.6 Å². The molecule has 4 N–H and O–H groups in total. The monoisotopic (exact) mass is 1590 g/mol. The Bertz CT molecular complexity index is 2700. The lowest BCUT2D eigenvalue weighted by Crippen LogP contribution is -2.30. The van der Waals surface area contributed by atoms with Crippen LogP contribution in [0.4, 0.5) is 0 Å². The van der Waals surface area contributed by atoms with Gasteiger partial charge in [-0.1, -0.05) is 339 Å². The van der Waals surface area contributed by atoms with Crippen LogP contribution in [0.3, 0.4) is 0 Å². The third-order valence-electron chi connectivity index (χ3n) is 17.9. The first-order chi connectivity index (χ1) is 54.2. The fraction of sp³-hybridized carbons (Fsp3) is 0.667. The van der Waals surface area contributed by atoms with Gasteiger partial charge in [0.25, 0.3) is 0 Å². The number of unbranched alkanes of at least 4 members (excludes halogenated alkanes) is 30. The highest BCUT2D eigenvalue weighted by Gasteiger charge is 2.29. The van der Waals surface area contributed by atoms with Gasteiger partial charge in [0, 0.05) is 19.3 Å². The molecule has 0 fully saturated rings. The number of ether oxygens (including phenoxy) is 3. The van der Waals surface area contributed by atoms with E-state index in [-0.39, 0.29) is 19.3 Å². The Morgan fingerprint density at radius 1 is 0.261 bits per heavy atom. The molecule has 0 rings (SSSR count). The molecule has 0 aliphatic rings. The maximum atomic E-state index is 13.0. The van der Waals surface area contributed by atoms with E-state index in [1.165, 1.54) is 96.3 Å². The van der Waals surface area contributed by atoms with Gasteiger partial charge in [-0.05, 0) is 154 Å². The molecular weight excluding hydrogens is 1430 g/mol. The Balaban J connectivity index is 4.62. The van der Waals surface area contributed by atoms with E-state index in [0.29, 0.717) is 19.3 Å². The molecule has 0 bridgehead atoms. The molecule has 0 aromatic carbocycles. The van der Waals surface area contributed by atoms with E-state index < -0.39 is 91.5 Å². The summed E-state index contributed by atoms with van der Waals surface area (Å²) in [6.07, 6.45) is 108. The maximum Gasteiger partial charge on any atom is 0.472 e. The lowest BCUT2D eigenvalue weighted by Gasteiger charge is -2.21. The molecule has 0 spiro atoms. The van der Waals surface area contributed by atoms with E-state index in [2.05, 4.69) is 191 Å². The number of phosphoric acid groups is 2. The minimum absolute atomic E-state index is 0.0832. The van der Waals surface area contributed by atoms with Gasteiger partial charge in [0.2, 0.25) is 0 Å². The van der Waals surface area contributed by atoms with Crippen molar-refractivity contribution in [2.75, 3.05) is 39.6 Å². The molecule has 18 heteroatoms. The van der Waals surface area contributed by atoms with Crippen LogP contribution in [-0.4, -0.2) is 95.9 Å². The first-order valence-electron chi connectivity index (χ1n) is 43.4. The Kier molecular flexibility index (Phi) is 80.4. The standard InChI is InChI=1S/C93H156O16P2/c1-4-7-10-13-16-19-22-25-28-31-34-36-38-40-42-43-45-47-48-50-53-55-58-61-64-67-70-73-76-79-91(96)103-82-88(94)83-105-110(99,100)106-84-89(95)85-107-111(101,102)108-87-90(109-93(98)81-78-75-72-69-66-63-60-57-52-33-30-27-24-21-18-15-12-9-6-3)86-104-92(97)80-77-74-71-68-65-62-59-56-54-51-49-46-44-41-39-37-35-32-29-26-23-20-17-14-11-8-5-2/h7,9-10,12,16-21,25-30,34-37,40-42,44-45,47,52,57,88-90,94-95H,4-6,8,11,13-15,22-24,31-33,38-39,43,46,48-51,53-56,58-87H2,1-3H3,(H,99,100)(H,101,102)/b10-7-,12-9-,19-16-,20-17-,21-18-,28-25-,29-26-,30-27-,36-34-,37-35-,42-40-,44-41-,47-45-,57-52-. The van der Waals surface area contributed by atoms with Crippen molar-refractivity contribution < 1.29 is 75.8 Å². The summed E-state index contributed by atoms with van der Waals surface area (Å²) in [7, 11) is -9.82. The zero-order valence-corrected chi connectivity index (χ0v) is 71.4. The quantitative estimate of drug-likeness (QED) is 0.0146. The maximum absolute atomic E-state index is 13.0. The van der Waals surface area contributed by atoms with Crippen LogP contribution in [0.5, 0.6) is 0 Å². The summed E-state index contributed by atoms with van der Waals surface area (Å²) in [5.41, 5.74) is 0. The highest BCUT2D eigenvalue weighted by molar-refractivity contribution is 7.47. The van der Waals surface area contributed by atoms with Crippen molar-refractivity contribution >= 4 is 33.6 Å². The van der Waals surface area contributed by atoms with E-state index in [0.717, 1.165) is 186 Å². The van der Waals surface area contributed by atoms with Gasteiger partial charge in [-0.2, -0.15) is 0 Å². The van der Waals surface area contributed by atoms with Crippen molar-refractivity contribution in [1.29, 1.82) is 0 Å². The van der Waals surface area contributed by atoms with E-state index in [9.17, 15) is 43.5 Å². The Labute approximate surface area is 675 Å². The van der Waals surface area contributed by atoms with Crippen LogP contribution in [0.1, 0.15) is 342 Å². The van der Waals surface area contributed by atoms with E-state index in [4.69, 9.17) is 32.3 Å². The number of esters is 3. The normalized spacial score (nSPS) is 14.7. The largest absolute Gasteiger partial charge is 0.472 e. The Hall–Kier alpha value is -5.09. The van der Waals surface area contributed by atoms with Crippen molar-refractivity contribution in [3.8, 4) is 0 Å². The molecule has 0 aliphatic heterocycles. The summed E-state index contributed by atoms with van der Waals surface area (Å²) in [4.78, 5) is 58.9. The summed E-state index contributed by atoms with van der Waals surface area (Å²) >= 11 is 0. The lowest BCUT2D eigenvalue weighted by molar-refractivity contribution is -0.161. The minimum Gasteiger partial charge on any atom is -0.463 e. The molecule has 634 valence electrons. The second-order valence-corrected chi connectivity index (χ2v) is 31.5. The number of aliphatic hydroxyl groups excluding tert-OH is 2. The molecule has 0 aromatic rings. The van der Waals surface area contributed by atoms with Crippen LogP contribution in [0, 0.1) is 0 Å². The van der Waals surface area contributed by atoms with Gasteiger partial charge in [-0.3, -0.25) is 32.5 Å². The third kappa shape index (κ3) is 85.6. The molecule has 0 saturated heterocycles. The SMILES string of the molecule is CC/C=C\C/C=C\C/C=C\C/C=C\C/C=C\C/C=C\CCCCCCCCCCCCC(=O)OCC(O)COP(=O)(O)OCC(O)COP(=O)(O)OCC(COC(=O)CCCCCCCCCCCCC/C=C\C/C=C\C/C=C\C/C=C\CCCCC)OC(=O)CCCCCCCC/C=C\C/C=C\C/C=C\C/C=C\CC. The van der Waals surface area contributed by atoms with Crippen molar-refractivity contribution in [2.24, 2.45) is 0 Å². The van der Waals surface area contributed by atoms with Gasteiger partial charge in [-0.25, -0.2) is 9.13 Å². The predicted octanol–water partition coefficient (Wildman–Crippen LogP) is 26.3. The van der Waals surface area contributed by atoms with Crippen molar-refractivity contribution in [1.82, 2.24) is 0 Å². The first kappa shape index (κ1) is 106. The average molecular weight is 1590 g/mol. The highest BCUT2D eigenvalue weighted by Crippen LogP contribution is 2.45. The molecule has 0 aromatic heterocycles. The average Bonchev–Trinajstić information content (AvgIpc) is 0.900. The summed E-state index contributed by atoms with van der Waals surface area (Å²) in [5, 5.41) is 20.7. The summed E-state index contributed by atoms with van der Waals surface area (Å²) in [5.74, 6) is -1.60. The van der Waals surface area contributed by atoms with Crippen LogP contribution in [0.25, 0.3) is 0 Å². The Morgan fingerprint density at radius 3 is 0.757 bits per heavy atom. The molecule has 0 saturated carbocycles. The smallest absolute Gasteiger partial charge is 0.463 e. The lowest BCUT2D eigenvalue weighted by atomic mass is 10.0. The van der Waals surface area contributed by atoms with Crippen LogP contribution < -0.4 is 0 Å². The Morgan fingerprint density at radius 2 is 0.477 bits per heavy atom. The van der Waals surface area contributed by atoms with Crippen LogP contribution in [-0.2, 0) is 55.8 Å². The molecule has 5 atom stereocenters. The third-order valence-corrected chi connectivity index (χ3v) is 19.8. The molecule has 111 heavy (non-hydrogen) atoms. The fourth-order valence-electron chi connectivity index (χ4n) is 11.4. The van der Waals surface area contributed by atoms with Gasteiger partial charge in [0.15, 0.2) is 6.10 Å². The topological polar surface area (TPSA) is 231 Å². The number of rotatable bonds is 81. The van der Waals surface area contributed by atoms with E-state index >= 15 is 0 Å². The van der Waals surface area contributed by atoms with Gasteiger partial charge < -0.3 is 34.2 Å². The van der Waals surface area contributed by atoms with Gasteiger partial charge in [-0.15, -0.1) is 0 Å². The second-order valence-electron chi connectivity index (χ2n) is 28.6. The van der Waals surface area contributed by atoms with Gasteiger partial charge in [0.05, 0.1) is 26.4 Å². The number of phosphoric ester groups is 2. The molecule has 0 aliphatic carbocycles. The summed E-state index contributed by atoms with van der Waals surface area (Å²) < 4.78 is 61.4. The molecule has 16 nitrogen and oxygen atoms in total. The summed E-state index contributed by atoms with van der Waals surface area (Å²) in [6.45, 7) is 2.42. The summed E-state index contributed by atoms with van der Waals surface area (Å²) in [6, 6.07) is 0. The number of allylic oxidation sites excluding steroid dienone is 28. The molecule has 0 heterocycles.